The molecule has 1 heterocycles. The molecule has 0 fully saturated rings. The molecule has 3 nitrogen and oxygen atoms in total. The van der Waals surface area contributed by atoms with Crippen molar-refractivity contribution in [3.05, 3.63) is 34.2 Å². The van der Waals surface area contributed by atoms with Crippen LogP contribution >= 0.6 is 0 Å². The minimum Gasteiger partial charge on any atom is -0.330 e. The topological polar surface area (TPSA) is 48.0 Å². The summed E-state index contributed by atoms with van der Waals surface area (Å²) in [6.45, 7) is 7.19. The van der Waals surface area contributed by atoms with E-state index in [1.54, 1.807) is 4.57 Å². The van der Waals surface area contributed by atoms with E-state index in [4.69, 9.17) is 5.73 Å². The molecule has 0 saturated heterocycles. The maximum Gasteiger partial charge on any atom is 0.253 e. The molecule has 0 aromatic carbocycles. The maximum atomic E-state index is 11.7. The van der Waals surface area contributed by atoms with Crippen LogP contribution in [0.3, 0.4) is 0 Å². The second kappa shape index (κ2) is 3.96. The van der Waals surface area contributed by atoms with Gasteiger partial charge in [-0.3, -0.25) is 4.79 Å². The van der Waals surface area contributed by atoms with Gasteiger partial charge in [0, 0.05) is 18.3 Å². The molecule has 3 heteroatoms. The van der Waals surface area contributed by atoms with Crippen LogP contribution in [0.5, 0.6) is 0 Å². The highest BCUT2D eigenvalue weighted by molar-refractivity contribution is 5.07. The Bertz CT molecular complexity index is 366. The third kappa shape index (κ3) is 2.45. The van der Waals surface area contributed by atoms with E-state index in [0.29, 0.717) is 13.1 Å². The molecule has 0 saturated carbocycles. The first-order chi connectivity index (χ1) is 6.46. The molecular formula is C11H18N2O. The third-order valence-corrected chi connectivity index (χ3v) is 2.36. The van der Waals surface area contributed by atoms with Crippen LogP contribution in [0.15, 0.2) is 23.1 Å². The zero-order valence-electron chi connectivity index (χ0n) is 9.08. The van der Waals surface area contributed by atoms with Crippen LogP contribution in [0.2, 0.25) is 0 Å². The Morgan fingerprint density at radius 1 is 1.50 bits per heavy atom. The van der Waals surface area contributed by atoms with Gasteiger partial charge in [0.2, 0.25) is 0 Å². The number of nitrogens with zero attached hydrogens (tertiary/aromatic N) is 1. The second-order valence-corrected chi connectivity index (χ2v) is 4.49. The molecule has 0 aliphatic carbocycles. The van der Waals surface area contributed by atoms with Crippen molar-refractivity contribution in [3.63, 3.8) is 0 Å². The van der Waals surface area contributed by atoms with Gasteiger partial charge in [0.05, 0.1) is 0 Å². The Kier molecular flexibility index (Phi) is 3.11. The standard InChI is InChI=1S/C11H18N2O/c1-9-5-4-6-13(10(9)14)8-11(2,3)7-12/h4-6H,7-8,12H2,1-3H3. The van der Waals surface area contributed by atoms with E-state index in [2.05, 4.69) is 13.8 Å². The van der Waals surface area contributed by atoms with E-state index in [-0.39, 0.29) is 11.0 Å². The van der Waals surface area contributed by atoms with Crippen LogP contribution < -0.4 is 11.3 Å². The van der Waals surface area contributed by atoms with Gasteiger partial charge in [0.15, 0.2) is 0 Å². The predicted molar refractivity (Wildman–Crippen MR) is 58.3 cm³/mol. The fraction of sp³-hybridized carbons (Fsp3) is 0.545. The lowest BCUT2D eigenvalue weighted by Crippen LogP contribution is -2.33. The van der Waals surface area contributed by atoms with Crippen molar-refractivity contribution in [2.24, 2.45) is 11.1 Å². The lowest BCUT2D eigenvalue weighted by Gasteiger charge is -2.23. The molecule has 1 aromatic rings. The quantitative estimate of drug-likeness (QED) is 0.784. The summed E-state index contributed by atoms with van der Waals surface area (Å²) in [4.78, 5) is 11.7. The zero-order chi connectivity index (χ0) is 10.8. The summed E-state index contributed by atoms with van der Waals surface area (Å²) >= 11 is 0. The van der Waals surface area contributed by atoms with E-state index in [1.807, 2.05) is 25.3 Å². The van der Waals surface area contributed by atoms with Crippen LogP contribution in [-0.2, 0) is 6.54 Å². The van der Waals surface area contributed by atoms with Crippen molar-refractivity contribution < 1.29 is 0 Å². The Labute approximate surface area is 84.6 Å². The lowest BCUT2D eigenvalue weighted by molar-refractivity contribution is 0.312. The molecular weight excluding hydrogens is 176 g/mol. The lowest BCUT2D eigenvalue weighted by atomic mass is 9.94. The summed E-state index contributed by atoms with van der Waals surface area (Å²) in [6.07, 6.45) is 1.81. The van der Waals surface area contributed by atoms with Crippen molar-refractivity contribution in [3.8, 4) is 0 Å². The summed E-state index contributed by atoms with van der Waals surface area (Å²) in [7, 11) is 0. The monoisotopic (exact) mass is 194 g/mol. The number of hydrogen-bond acceptors (Lipinski definition) is 2. The summed E-state index contributed by atoms with van der Waals surface area (Å²) in [5.74, 6) is 0. The molecule has 2 N–H and O–H groups in total. The Balaban J connectivity index is 2.99. The molecule has 0 aliphatic rings. The molecule has 78 valence electrons. The fourth-order valence-electron chi connectivity index (χ4n) is 1.31. The summed E-state index contributed by atoms with van der Waals surface area (Å²) in [5.41, 5.74) is 6.45. The molecule has 0 atom stereocenters. The van der Waals surface area contributed by atoms with E-state index in [1.165, 1.54) is 0 Å². The van der Waals surface area contributed by atoms with E-state index in [9.17, 15) is 4.79 Å². The molecule has 1 aromatic heterocycles. The van der Waals surface area contributed by atoms with Gasteiger partial charge in [-0.25, -0.2) is 0 Å². The summed E-state index contributed by atoms with van der Waals surface area (Å²) in [6, 6.07) is 3.72. The SMILES string of the molecule is Cc1cccn(CC(C)(C)CN)c1=O. The van der Waals surface area contributed by atoms with Crippen LogP contribution in [0.25, 0.3) is 0 Å². The highest BCUT2D eigenvalue weighted by atomic mass is 16.1. The van der Waals surface area contributed by atoms with Gasteiger partial charge in [0.25, 0.3) is 5.56 Å². The van der Waals surface area contributed by atoms with Crippen LogP contribution in [0.1, 0.15) is 19.4 Å². The average molecular weight is 194 g/mol. The number of aromatic nitrogens is 1. The highest BCUT2D eigenvalue weighted by Crippen LogP contribution is 2.14. The molecule has 0 aliphatic heterocycles. The Hall–Kier alpha value is -1.09. The normalized spacial score (nSPS) is 11.7. The average Bonchev–Trinajstić information content (AvgIpc) is 2.13. The molecule has 0 spiro atoms. The van der Waals surface area contributed by atoms with Crippen molar-refractivity contribution in [2.75, 3.05) is 6.54 Å². The fourth-order valence-corrected chi connectivity index (χ4v) is 1.31. The van der Waals surface area contributed by atoms with E-state index >= 15 is 0 Å². The molecule has 0 bridgehead atoms. The van der Waals surface area contributed by atoms with Gasteiger partial charge in [-0.1, -0.05) is 19.9 Å². The van der Waals surface area contributed by atoms with E-state index in [0.717, 1.165) is 5.56 Å². The zero-order valence-corrected chi connectivity index (χ0v) is 9.08. The van der Waals surface area contributed by atoms with Gasteiger partial charge in [-0.05, 0) is 24.9 Å². The van der Waals surface area contributed by atoms with Gasteiger partial charge >= 0.3 is 0 Å². The minimum absolute atomic E-state index is 0.0301. The first-order valence-electron chi connectivity index (χ1n) is 4.82. The molecule has 0 amide bonds. The van der Waals surface area contributed by atoms with Gasteiger partial charge in [0.1, 0.15) is 0 Å². The number of aryl methyl sites for hydroxylation is 1. The predicted octanol–water partition coefficient (Wildman–Crippen LogP) is 1.14. The van der Waals surface area contributed by atoms with E-state index < -0.39 is 0 Å². The van der Waals surface area contributed by atoms with Crippen molar-refractivity contribution in [1.82, 2.24) is 4.57 Å². The van der Waals surface area contributed by atoms with Crippen LogP contribution in [0.4, 0.5) is 0 Å². The maximum absolute atomic E-state index is 11.7. The second-order valence-electron chi connectivity index (χ2n) is 4.49. The largest absolute Gasteiger partial charge is 0.330 e. The van der Waals surface area contributed by atoms with Gasteiger partial charge in [-0.2, -0.15) is 0 Å². The third-order valence-electron chi connectivity index (χ3n) is 2.36. The molecule has 0 unspecified atom stereocenters. The Morgan fingerprint density at radius 2 is 2.14 bits per heavy atom. The number of nitrogens with two attached hydrogens (primary N) is 1. The number of rotatable bonds is 3. The van der Waals surface area contributed by atoms with Crippen LogP contribution in [0, 0.1) is 12.3 Å². The Morgan fingerprint density at radius 3 is 2.71 bits per heavy atom. The first-order valence-corrected chi connectivity index (χ1v) is 4.82. The number of pyridine rings is 1. The molecule has 0 radical (unpaired) electrons. The van der Waals surface area contributed by atoms with Crippen molar-refractivity contribution in [2.45, 2.75) is 27.3 Å². The van der Waals surface area contributed by atoms with Crippen molar-refractivity contribution >= 4 is 0 Å². The summed E-state index contributed by atoms with van der Waals surface area (Å²) < 4.78 is 1.72. The summed E-state index contributed by atoms with van der Waals surface area (Å²) in [5, 5.41) is 0. The van der Waals surface area contributed by atoms with Crippen molar-refractivity contribution in [1.29, 1.82) is 0 Å². The molecule has 14 heavy (non-hydrogen) atoms. The highest BCUT2D eigenvalue weighted by Gasteiger charge is 2.16. The first kappa shape index (κ1) is 11.0. The number of hydrogen-bond donors (Lipinski definition) is 1. The minimum atomic E-state index is -0.0301. The smallest absolute Gasteiger partial charge is 0.253 e. The van der Waals surface area contributed by atoms with Gasteiger partial charge in [-0.15, -0.1) is 0 Å². The molecule has 1 rings (SSSR count). The van der Waals surface area contributed by atoms with Gasteiger partial charge < -0.3 is 10.3 Å². The van der Waals surface area contributed by atoms with Crippen LogP contribution in [-0.4, -0.2) is 11.1 Å².